The third kappa shape index (κ3) is 3.80. The first-order chi connectivity index (χ1) is 16.1. The first kappa shape index (κ1) is 21.0. The minimum Gasteiger partial charge on any atom is -0.485 e. The van der Waals surface area contributed by atoms with Gasteiger partial charge in [0.05, 0.1) is 30.5 Å². The van der Waals surface area contributed by atoms with E-state index >= 15 is 0 Å². The fourth-order valence-electron chi connectivity index (χ4n) is 4.16. The molecule has 0 amide bonds. The van der Waals surface area contributed by atoms with Gasteiger partial charge in [-0.15, -0.1) is 0 Å². The summed E-state index contributed by atoms with van der Waals surface area (Å²) in [7, 11) is 0. The van der Waals surface area contributed by atoms with Gasteiger partial charge in [-0.2, -0.15) is 0 Å². The SMILES string of the molecule is CCOC(=O)c1c(C)n(Cc2ccco2)c2c1cc(OCc1nc(=S)[nH][nH]1)c1ccccc12. The van der Waals surface area contributed by atoms with Gasteiger partial charge in [-0.3, -0.25) is 10.2 Å². The molecule has 0 aliphatic rings. The smallest absolute Gasteiger partial charge is 0.340 e. The standard InChI is InChI=1S/C24H22N4O4S/c1-3-30-23(29)21-14(2)28(12-15-7-6-10-31-15)22-17-9-5-4-8-16(17)19(11-18(21)22)32-13-20-25-24(33)27-26-20/h4-11H,3,12-13H2,1-2H3,(H2,25,26,27,33). The highest BCUT2D eigenvalue weighted by atomic mass is 32.1. The molecule has 33 heavy (non-hydrogen) atoms. The lowest BCUT2D eigenvalue weighted by Gasteiger charge is -2.12. The minimum absolute atomic E-state index is 0.198. The van der Waals surface area contributed by atoms with E-state index in [1.807, 2.05) is 49.4 Å². The molecule has 9 heteroatoms. The second-order valence-corrected chi connectivity index (χ2v) is 7.95. The summed E-state index contributed by atoms with van der Waals surface area (Å²) < 4.78 is 19.6. The Hall–Kier alpha value is -3.85. The lowest BCUT2D eigenvalue weighted by Crippen LogP contribution is -2.08. The Labute approximate surface area is 194 Å². The van der Waals surface area contributed by atoms with Crippen molar-refractivity contribution >= 4 is 39.9 Å². The summed E-state index contributed by atoms with van der Waals surface area (Å²) in [5, 5.41) is 8.31. The van der Waals surface area contributed by atoms with Crippen LogP contribution in [0.4, 0.5) is 0 Å². The Balaban J connectivity index is 1.73. The van der Waals surface area contributed by atoms with E-state index in [4.69, 9.17) is 26.1 Å². The number of benzene rings is 2. The Kier molecular flexibility index (Phi) is 5.47. The number of fused-ring (bicyclic) bond motifs is 3. The number of furan rings is 1. The highest BCUT2D eigenvalue weighted by molar-refractivity contribution is 7.71. The van der Waals surface area contributed by atoms with E-state index in [0.29, 0.717) is 35.1 Å². The van der Waals surface area contributed by atoms with E-state index in [1.54, 1.807) is 13.2 Å². The Morgan fingerprint density at radius 3 is 2.67 bits per heavy atom. The second-order valence-electron chi connectivity index (χ2n) is 7.57. The van der Waals surface area contributed by atoms with Crippen LogP contribution in [0.15, 0.2) is 53.1 Å². The largest absolute Gasteiger partial charge is 0.485 e. The summed E-state index contributed by atoms with van der Waals surface area (Å²) in [4.78, 5) is 17.2. The third-order valence-electron chi connectivity index (χ3n) is 5.57. The maximum atomic E-state index is 13.0. The first-order valence-corrected chi connectivity index (χ1v) is 11.0. The molecule has 0 aliphatic heterocycles. The number of hydrogen-bond acceptors (Lipinski definition) is 6. The second kappa shape index (κ2) is 8.59. The van der Waals surface area contributed by atoms with Gasteiger partial charge in [0.15, 0.2) is 5.82 Å². The quantitative estimate of drug-likeness (QED) is 0.252. The van der Waals surface area contributed by atoms with Crippen LogP contribution in [0, 0.1) is 11.7 Å². The van der Waals surface area contributed by atoms with Crippen LogP contribution in [0.2, 0.25) is 0 Å². The summed E-state index contributed by atoms with van der Waals surface area (Å²) >= 11 is 5.02. The number of rotatable bonds is 7. The van der Waals surface area contributed by atoms with E-state index in [9.17, 15) is 4.79 Å². The first-order valence-electron chi connectivity index (χ1n) is 10.6. The molecule has 5 aromatic rings. The topological polar surface area (TPSA) is 98.1 Å². The van der Waals surface area contributed by atoms with Crippen molar-refractivity contribution < 1.29 is 18.7 Å². The van der Waals surface area contributed by atoms with E-state index < -0.39 is 0 Å². The molecule has 0 bridgehead atoms. The zero-order valence-electron chi connectivity index (χ0n) is 18.2. The fourth-order valence-corrected chi connectivity index (χ4v) is 4.32. The number of esters is 1. The molecule has 3 aromatic heterocycles. The summed E-state index contributed by atoms with van der Waals surface area (Å²) in [5.74, 6) is 1.65. The van der Waals surface area contributed by atoms with Crippen LogP contribution in [-0.2, 0) is 17.9 Å². The van der Waals surface area contributed by atoms with E-state index in [2.05, 4.69) is 19.7 Å². The molecule has 0 radical (unpaired) electrons. The Bertz CT molecular complexity index is 1510. The van der Waals surface area contributed by atoms with Gasteiger partial charge in [-0.05, 0) is 44.3 Å². The zero-order valence-corrected chi connectivity index (χ0v) is 19.0. The molecule has 2 aromatic carbocycles. The number of nitrogens with one attached hydrogen (secondary N) is 2. The van der Waals surface area contributed by atoms with Gasteiger partial charge in [0.2, 0.25) is 4.77 Å². The van der Waals surface area contributed by atoms with Crippen molar-refractivity contribution in [1.29, 1.82) is 0 Å². The van der Waals surface area contributed by atoms with Gasteiger partial charge < -0.3 is 18.5 Å². The minimum atomic E-state index is -0.365. The molecule has 3 heterocycles. The molecule has 0 aliphatic carbocycles. The van der Waals surface area contributed by atoms with Crippen molar-refractivity contribution in [2.75, 3.05) is 6.61 Å². The average Bonchev–Trinajstić information content (AvgIpc) is 3.53. The van der Waals surface area contributed by atoms with Crippen molar-refractivity contribution in [3.63, 3.8) is 0 Å². The van der Waals surface area contributed by atoms with E-state index in [-0.39, 0.29) is 12.6 Å². The van der Waals surface area contributed by atoms with Crippen LogP contribution in [-0.4, -0.2) is 32.3 Å². The molecule has 0 fully saturated rings. The van der Waals surface area contributed by atoms with Gasteiger partial charge in [0.1, 0.15) is 18.1 Å². The number of nitrogens with zero attached hydrogens (tertiary/aromatic N) is 2. The molecular weight excluding hydrogens is 440 g/mol. The van der Waals surface area contributed by atoms with Crippen molar-refractivity contribution in [2.45, 2.75) is 27.0 Å². The van der Waals surface area contributed by atoms with E-state index in [1.165, 1.54) is 0 Å². The van der Waals surface area contributed by atoms with Gasteiger partial charge in [0.25, 0.3) is 0 Å². The number of H-pyrrole nitrogens is 2. The van der Waals surface area contributed by atoms with Crippen LogP contribution >= 0.6 is 12.2 Å². The van der Waals surface area contributed by atoms with Crippen molar-refractivity contribution in [2.24, 2.45) is 0 Å². The van der Waals surface area contributed by atoms with Crippen molar-refractivity contribution in [3.8, 4) is 5.75 Å². The van der Waals surface area contributed by atoms with Crippen LogP contribution in [0.25, 0.3) is 21.7 Å². The molecule has 0 saturated heterocycles. The Morgan fingerprint density at radius 2 is 1.97 bits per heavy atom. The predicted octanol–water partition coefficient (Wildman–Crippen LogP) is 5.28. The number of hydrogen-bond donors (Lipinski definition) is 2. The number of carbonyl (C=O) groups excluding carboxylic acids is 1. The molecule has 168 valence electrons. The van der Waals surface area contributed by atoms with Crippen LogP contribution < -0.4 is 4.74 Å². The molecule has 0 atom stereocenters. The van der Waals surface area contributed by atoms with Gasteiger partial charge in [-0.1, -0.05) is 24.3 Å². The highest BCUT2D eigenvalue weighted by Crippen LogP contribution is 2.38. The van der Waals surface area contributed by atoms with Crippen molar-refractivity contribution in [3.05, 3.63) is 76.3 Å². The summed E-state index contributed by atoms with van der Waals surface area (Å²) in [6, 6.07) is 13.6. The maximum Gasteiger partial charge on any atom is 0.340 e. The van der Waals surface area contributed by atoms with Crippen molar-refractivity contribution in [1.82, 2.24) is 19.7 Å². The number of aromatic nitrogens is 4. The summed E-state index contributed by atoms with van der Waals surface area (Å²) in [6.07, 6.45) is 1.65. The Morgan fingerprint density at radius 1 is 1.15 bits per heavy atom. The number of carbonyl (C=O) groups is 1. The normalized spacial score (nSPS) is 11.3. The molecule has 5 rings (SSSR count). The number of ether oxygens (including phenoxy) is 2. The lowest BCUT2D eigenvalue weighted by molar-refractivity contribution is 0.0527. The van der Waals surface area contributed by atoms with E-state index in [0.717, 1.165) is 33.1 Å². The van der Waals surface area contributed by atoms with Crippen LogP contribution in [0.3, 0.4) is 0 Å². The average molecular weight is 463 g/mol. The zero-order chi connectivity index (χ0) is 22.9. The monoisotopic (exact) mass is 462 g/mol. The highest BCUT2D eigenvalue weighted by Gasteiger charge is 2.24. The van der Waals surface area contributed by atoms with Gasteiger partial charge in [0, 0.05) is 21.9 Å². The fraction of sp³-hybridized carbons (Fsp3) is 0.208. The molecule has 8 nitrogen and oxygen atoms in total. The summed E-state index contributed by atoms with van der Waals surface area (Å²) in [6.45, 7) is 4.70. The molecule has 2 N–H and O–H groups in total. The predicted molar refractivity (Wildman–Crippen MR) is 126 cm³/mol. The molecule has 0 spiro atoms. The van der Waals surface area contributed by atoms with Gasteiger partial charge in [-0.25, -0.2) is 9.78 Å². The maximum absolute atomic E-state index is 13.0. The van der Waals surface area contributed by atoms with Crippen LogP contribution in [0.1, 0.15) is 34.6 Å². The molecule has 0 unspecified atom stereocenters. The summed E-state index contributed by atoms with van der Waals surface area (Å²) in [5.41, 5.74) is 2.25. The molecule has 0 saturated carbocycles. The lowest BCUT2D eigenvalue weighted by atomic mass is 10.0. The van der Waals surface area contributed by atoms with Crippen LogP contribution in [0.5, 0.6) is 5.75 Å². The van der Waals surface area contributed by atoms with Gasteiger partial charge >= 0.3 is 5.97 Å². The number of aromatic amines is 2. The molecular formula is C24H22N4O4S. The third-order valence-corrected chi connectivity index (χ3v) is 5.77.